The molecule has 0 aliphatic heterocycles. The number of aromatic nitrogens is 3. The number of H-pyrrole nitrogens is 1. The van der Waals surface area contributed by atoms with E-state index in [9.17, 15) is 4.79 Å². The van der Waals surface area contributed by atoms with E-state index in [1.54, 1.807) is 11.6 Å². The Hall–Kier alpha value is -2.87. The van der Waals surface area contributed by atoms with Crippen molar-refractivity contribution in [1.82, 2.24) is 20.5 Å². The van der Waals surface area contributed by atoms with Gasteiger partial charge in [-0.2, -0.15) is 5.10 Å². The highest BCUT2D eigenvalue weighted by Crippen LogP contribution is 2.25. The maximum atomic E-state index is 11.8. The molecule has 7 nitrogen and oxygen atoms in total. The third-order valence-corrected chi connectivity index (χ3v) is 4.06. The van der Waals surface area contributed by atoms with Crippen molar-refractivity contribution in [2.45, 2.75) is 6.92 Å². The molecule has 4 N–H and O–H groups in total. The average Bonchev–Trinajstić information content (AvgIpc) is 3.20. The van der Waals surface area contributed by atoms with Crippen LogP contribution in [0.5, 0.6) is 5.75 Å². The van der Waals surface area contributed by atoms with E-state index >= 15 is 0 Å². The van der Waals surface area contributed by atoms with Gasteiger partial charge in [0.15, 0.2) is 5.13 Å². The normalized spacial score (nSPS) is 10.5. The van der Waals surface area contributed by atoms with E-state index < -0.39 is 0 Å². The molecule has 0 spiro atoms. The number of anilines is 1. The third-order valence-electron chi connectivity index (χ3n) is 3.39. The van der Waals surface area contributed by atoms with Crippen LogP contribution in [0, 0.1) is 6.92 Å². The number of nitrogens with one attached hydrogen (secondary N) is 2. The lowest BCUT2D eigenvalue weighted by atomic mass is 10.1. The number of hydrogen-bond acceptors (Lipinski definition) is 6. The van der Waals surface area contributed by atoms with Crippen molar-refractivity contribution < 1.29 is 9.53 Å². The lowest BCUT2D eigenvalue weighted by Crippen LogP contribution is -2.28. The van der Waals surface area contributed by atoms with E-state index in [0.29, 0.717) is 24.0 Å². The molecule has 0 aliphatic carbocycles. The number of ether oxygens (including phenoxy) is 1. The van der Waals surface area contributed by atoms with Crippen LogP contribution in [0.15, 0.2) is 35.8 Å². The number of thiazole rings is 1. The van der Waals surface area contributed by atoms with Crippen LogP contribution >= 0.6 is 11.3 Å². The predicted octanol–water partition coefficient (Wildman–Crippen LogP) is 2.23. The van der Waals surface area contributed by atoms with Crippen LogP contribution in [0.1, 0.15) is 16.2 Å². The molecule has 0 atom stereocenters. The minimum Gasteiger partial charge on any atom is -0.492 e. The van der Waals surface area contributed by atoms with Gasteiger partial charge < -0.3 is 15.8 Å². The molecule has 1 aromatic carbocycles. The second kappa shape index (κ2) is 7.14. The minimum absolute atomic E-state index is 0.255. The van der Waals surface area contributed by atoms with Gasteiger partial charge in [0.05, 0.1) is 12.7 Å². The number of nitrogens with two attached hydrogens (primary N) is 1. The fraction of sp³-hybridized carbons (Fsp3) is 0.188. The van der Waals surface area contributed by atoms with Gasteiger partial charge in [-0.1, -0.05) is 12.1 Å². The summed E-state index contributed by atoms with van der Waals surface area (Å²) in [6, 6.07) is 7.75. The second-order valence-electron chi connectivity index (χ2n) is 5.11. The van der Waals surface area contributed by atoms with Crippen molar-refractivity contribution in [3.8, 4) is 16.9 Å². The van der Waals surface area contributed by atoms with Crippen molar-refractivity contribution in [2.75, 3.05) is 18.9 Å². The number of carbonyl (C=O) groups excluding carboxylic acids is 1. The first-order valence-corrected chi connectivity index (χ1v) is 8.24. The summed E-state index contributed by atoms with van der Waals surface area (Å²) in [7, 11) is 0. The number of amides is 1. The van der Waals surface area contributed by atoms with Crippen LogP contribution < -0.4 is 15.8 Å². The van der Waals surface area contributed by atoms with Crippen molar-refractivity contribution in [3.05, 3.63) is 47.2 Å². The van der Waals surface area contributed by atoms with Crippen LogP contribution in [0.3, 0.4) is 0 Å². The molecule has 2 heterocycles. The fourth-order valence-corrected chi connectivity index (χ4v) is 2.75. The van der Waals surface area contributed by atoms with Gasteiger partial charge in [0.2, 0.25) is 0 Å². The Kier molecular flexibility index (Phi) is 4.76. The highest BCUT2D eigenvalue weighted by Gasteiger charge is 2.09. The molecule has 24 heavy (non-hydrogen) atoms. The monoisotopic (exact) mass is 343 g/mol. The molecule has 3 aromatic rings. The van der Waals surface area contributed by atoms with E-state index in [-0.39, 0.29) is 5.91 Å². The molecule has 1 amide bonds. The summed E-state index contributed by atoms with van der Waals surface area (Å²) < 4.78 is 5.69. The SMILES string of the molecule is Cc1[nH]ncc1-c1cccc(OCCNC(=O)c2csc(N)n2)c1. The number of hydrogen-bond donors (Lipinski definition) is 3. The van der Waals surface area contributed by atoms with Crippen molar-refractivity contribution in [3.63, 3.8) is 0 Å². The molecule has 0 saturated heterocycles. The lowest BCUT2D eigenvalue weighted by Gasteiger charge is -2.08. The Labute approximate surface area is 142 Å². The first kappa shape index (κ1) is 16.0. The molecule has 0 fully saturated rings. The van der Waals surface area contributed by atoms with Gasteiger partial charge in [0, 0.05) is 16.6 Å². The fourth-order valence-electron chi connectivity index (χ4n) is 2.21. The average molecular weight is 343 g/mol. The smallest absolute Gasteiger partial charge is 0.270 e. The van der Waals surface area contributed by atoms with Crippen molar-refractivity contribution in [1.29, 1.82) is 0 Å². The van der Waals surface area contributed by atoms with Crippen molar-refractivity contribution >= 4 is 22.4 Å². The van der Waals surface area contributed by atoms with Gasteiger partial charge in [0.1, 0.15) is 18.1 Å². The van der Waals surface area contributed by atoms with Gasteiger partial charge in [-0.15, -0.1) is 11.3 Å². The predicted molar refractivity (Wildman–Crippen MR) is 93.1 cm³/mol. The quantitative estimate of drug-likeness (QED) is 0.595. The standard InChI is InChI=1S/C16H17N5O2S/c1-10-13(8-19-21-10)11-3-2-4-12(7-11)23-6-5-18-15(22)14-9-24-16(17)20-14/h2-4,7-9H,5-6H2,1H3,(H2,17,20)(H,18,22)(H,19,21). The summed E-state index contributed by atoms with van der Waals surface area (Å²) >= 11 is 1.24. The maximum Gasteiger partial charge on any atom is 0.270 e. The zero-order chi connectivity index (χ0) is 16.9. The Morgan fingerprint density at radius 2 is 2.33 bits per heavy atom. The summed E-state index contributed by atoms with van der Waals surface area (Å²) in [5.74, 6) is 0.481. The zero-order valence-electron chi connectivity index (χ0n) is 13.1. The molecule has 0 radical (unpaired) electrons. The molecule has 0 bridgehead atoms. The topological polar surface area (TPSA) is 106 Å². The maximum absolute atomic E-state index is 11.8. The number of benzene rings is 1. The number of carbonyl (C=O) groups is 1. The third kappa shape index (κ3) is 3.72. The van der Waals surface area contributed by atoms with E-state index in [4.69, 9.17) is 10.5 Å². The number of aryl methyl sites for hydroxylation is 1. The summed E-state index contributed by atoms with van der Waals surface area (Å²) in [5.41, 5.74) is 8.90. The molecule has 2 aromatic heterocycles. The molecular formula is C16H17N5O2S. The molecule has 0 unspecified atom stereocenters. The van der Waals surface area contributed by atoms with Crippen molar-refractivity contribution in [2.24, 2.45) is 0 Å². The molecular weight excluding hydrogens is 326 g/mol. The summed E-state index contributed by atoms with van der Waals surface area (Å²) in [5, 5.41) is 11.7. The molecule has 0 aliphatic rings. The minimum atomic E-state index is -0.255. The lowest BCUT2D eigenvalue weighted by molar-refractivity contribution is 0.0943. The Balaban J connectivity index is 1.52. The van der Waals surface area contributed by atoms with E-state index in [0.717, 1.165) is 22.6 Å². The van der Waals surface area contributed by atoms with Crippen LogP contribution in [-0.2, 0) is 0 Å². The van der Waals surface area contributed by atoms with Gasteiger partial charge in [-0.05, 0) is 24.6 Å². The molecule has 8 heteroatoms. The zero-order valence-corrected chi connectivity index (χ0v) is 13.9. The van der Waals surface area contributed by atoms with Crippen LogP contribution in [0.2, 0.25) is 0 Å². The first-order valence-electron chi connectivity index (χ1n) is 7.36. The summed E-state index contributed by atoms with van der Waals surface area (Å²) in [6.45, 7) is 2.71. The van der Waals surface area contributed by atoms with Gasteiger partial charge >= 0.3 is 0 Å². The number of rotatable bonds is 6. The van der Waals surface area contributed by atoms with E-state index in [1.165, 1.54) is 11.3 Å². The molecule has 0 saturated carbocycles. The largest absolute Gasteiger partial charge is 0.492 e. The summed E-state index contributed by atoms with van der Waals surface area (Å²) in [6.07, 6.45) is 1.79. The molecule has 124 valence electrons. The highest BCUT2D eigenvalue weighted by molar-refractivity contribution is 7.13. The Morgan fingerprint density at radius 3 is 3.04 bits per heavy atom. The molecule has 3 rings (SSSR count). The second-order valence-corrected chi connectivity index (χ2v) is 6.00. The van der Waals surface area contributed by atoms with Gasteiger partial charge in [-0.25, -0.2) is 4.98 Å². The Morgan fingerprint density at radius 1 is 1.46 bits per heavy atom. The van der Waals surface area contributed by atoms with Crippen LogP contribution in [0.4, 0.5) is 5.13 Å². The van der Waals surface area contributed by atoms with E-state index in [2.05, 4.69) is 20.5 Å². The highest BCUT2D eigenvalue weighted by atomic mass is 32.1. The van der Waals surface area contributed by atoms with Gasteiger partial charge in [-0.3, -0.25) is 9.89 Å². The van der Waals surface area contributed by atoms with Crippen LogP contribution in [-0.4, -0.2) is 34.2 Å². The number of nitrogens with zero attached hydrogens (tertiary/aromatic N) is 2. The number of aromatic amines is 1. The first-order chi connectivity index (χ1) is 11.6. The number of nitrogen functional groups attached to an aromatic ring is 1. The van der Waals surface area contributed by atoms with Crippen LogP contribution in [0.25, 0.3) is 11.1 Å². The Bertz CT molecular complexity index is 842. The summed E-state index contributed by atoms with van der Waals surface area (Å²) in [4.78, 5) is 15.8. The van der Waals surface area contributed by atoms with E-state index in [1.807, 2.05) is 31.2 Å². The van der Waals surface area contributed by atoms with Gasteiger partial charge in [0.25, 0.3) is 5.91 Å².